The Labute approximate surface area is 86.1 Å². The van der Waals surface area contributed by atoms with Gasteiger partial charge in [-0.2, -0.15) is 0 Å². The second-order valence-corrected chi connectivity index (χ2v) is 3.41. The molecule has 0 bridgehead atoms. The van der Waals surface area contributed by atoms with Gasteiger partial charge in [-0.1, -0.05) is 0 Å². The molecule has 2 aromatic heterocycles. The van der Waals surface area contributed by atoms with Crippen LogP contribution < -0.4 is 17.0 Å². The van der Waals surface area contributed by atoms with E-state index in [1.54, 1.807) is 24.0 Å². The molecule has 4 N–H and O–H groups in total. The Morgan fingerprint density at radius 1 is 1.53 bits per heavy atom. The van der Waals surface area contributed by atoms with Crippen molar-refractivity contribution in [3.63, 3.8) is 0 Å². The van der Waals surface area contributed by atoms with E-state index in [9.17, 15) is 4.79 Å². The lowest BCUT2D eigenvalue weighted by molar-refractivity contribution is 0.879. The van der Waals surface area contributed by atoms with E-state index in [4.69, 9.17) is 11.5 Å². The zero-order chi connectivity index (χ0) is 11.0. The number of imidazole rings is 1. The Hall–Kier alpha value is -1.82. The molecule has 0 aliphatic heterocycles. The van der Waals surface area contributed by atoms with Crippen LogP contribution in [0.1, 0.15) is 5.56 Å². The van der Waals surface area contributed by atoms with E-state index in [-0.39, 0.29) is 5.56 Å². The molecular weight excluding hydrogens is 194 g/mol. The van der Waals surface area contributed by atoms with Gasteiger partial charge in [0.1, 0.15) is 5.82 Å². The standard InChI is InChI=1S/C9H13N5O/c1-13-7(11)5-14-8(15)6(2-3-10)4-12-9(13)14/h4-5H,2-3,10-11H2,1H3. The number of aromatic nitrogens is 3. The summed E-state index contributed by atoms with van der Waals surface area (Å²) in [5.41, 5.74) is 11.6. The van der Waals surface area contributed by atoms with Gasteiger partial charge in [-0.25, -0.2) is 9.38 Å². The molecule has 0 saturated carbocycles. The predicted octanol–water partition coefficient (Wildman–Crippen LogP) is -0.884. The molecule has 0 aliphatic rings. The molecule has 80 valence electrons. The summed E-state index contributed by atoms with van der Waals surface area (Å²) < 4.78 is 3.11. The second-order valence-electron chi connectivity index (χ2n) is 3.41. The summed E-state index contributed by atoms with van der Waals surface area (Å²) in [5.74, 6) is 1.04. The summed E-state index contributed by atoms with van der Waals surface area (Å²) in [7, 11) is 1.76. The van der Waals surface area contributed by atoms with Crippen LogP contribution in [0.3, 0.4) is 0 Å². The number of anilines is 1. The van der Waals surface area contributed by atoms with Gasteiger partial charge in [-0.15, -0.1) is 0 Å². The van der Waals surface area contributed by atoms with E-state index in [1.807, 2.05) is 0 Å². The zero-order valence-electron chi connectivity index (χ0n) is 8.47. The molecule has 0 saturated heterocycles. The molecule has 0 amide bonds. The van der Waals surface area contributed by atoms with Crippen molar-refractivity contribution in [2.45, 2.75) is 6.42 Å². The van der Waals surface area contributed by atoms with Crippen LogP contribution >= 0.6 is 0 Å². The van der Waals surface area contributed by atoms with Gasteiger partial charge < -0.3 is 11.5 Å². The van der Waals surface area contributed by atoms with Crippen LogP contribution in [0.25, 0.3) is 5.78 Å². The van der Waals surface area contributed by atoms with E-state index in [2.05, 4.69) is 4.98 Å². The van der Waals surface area contributed by atoms with Crippen LogP contribution in [0.5, 0.6) is 0 Å². The van der Waals surface area contributed by atoms with E-state index >= 15 is 0 Å². The van der Waals surface area contributed by atoms with Gasteiger partial charge in [0, 0.05) is 18.8 Å². The lowest BCUT2D eigenvalue weighted by Gasteiger charge is -1.99. The third-order valence-electron chi connectivity index (χ3n) is 2.41. The number of hydrogen-bond donors (Lipinski definition) is 2. The largest absolute Gasteiger partial charge is 0.384 e. The van der Waals surface area contributed by atoms with Crippen LogP contribution in [0.2, 0.25) is 0 Å². The van der Waals surface area contributed by atoms with Gasteiger partial charge in [-0.05, 0) is 13.0 Å². The minimum atomic E-state index is -0.0993. The van der Waals surface area contributed by atoms with E-state index in [1.165, 1.54) is 4.40 Å². The third kappa shape index (κ3) is 1.39. The minimum Gasteiger partial charge on any atom is -0.384 e. The monoisotopic (exact) mass is 207 g/mol. The molecule has 0 radical (unpaired) electrons. The minimum absolute atomic E-state index is 0.0993. The summed E-state index contributed by atoms with van der Waals surface area (Å²) in [4.78, 5) is 16.1. The molecule has 0 atom stereocenters. The fraction of sp³-hybridized carbons (Fsp3) is 0.333. The highest BCUT2D eigenvalue weighted by Gasteiger charge is 2.08. The highest BCUT2D eigenvalue weighted by atomic mass is 16.1. The number of nitrogen functional groups attached to an aromatic ring is 1. The predicted molar refractivity (Wildman–Crippen MR) is 57.6 cm³/mol. The number of hydrogen-bond acceptors (Lipinski definition) is 4. The van der Waals surface area contributed by atoms with Crippen molar-refractivity contribution < 1.29 is 0 Å². The van der Waals surface area contributed by atoms with Crippen molar-refractivity contribution in [3.8, 4) is 0 Å². The molecule has 0 spiro atoms. The molecule has 0 aromatic carbocycles. The molecular formula is C9H13N5O. The summed E-state index contributed by atoms with van der Waals surface area (Å²) in [6.45, 7) is 0.436. The maximum absolute atomic E-state index is 11.9. The fourth-order valence-corrected chi connectivity index (χ4v) is 1.52. The van der Waals surface area contributed by atoms with Crippen molar-refractivity contribution in [2.75, 3.05) is 12.3 Å². The van der Waals surface area contributed by atoms with Gasteiger partial charge in [0.15, 0.2) is 0 Å². The van der Waals surface area contributed by atoms with Gasteiger partial charge in [-0.3, -0.25) is 9.36 Å². The molecule has 2 aromatic rings. The summed E-state index contributed by atoms with van der Waals surface area (Å²) >= 11 is 0. The SMILES string of the molecule is Cn1c(N)cn2c(=O)c(CCN)cnc12. The fourth-order valence-electron chi connectivity index (χ4n) is 1.52. The molecule has 6 nitrogen and oxygen atoms in total. The van der Waals surface area contributed by atoms with Gasteiger partial charge in [0.05, 0.1) is 6.20 Å². The Balaban J connectivity index is 2.74. The molecule has 2 heterocycles. The Bertz CT molecular complexity index is 553. The highest BCUT2D eigenvalue weighted by Crippen LogP contribution is 2.06. The summed E-state index contributed by atoms with van der Waals surface area (Å²) in [6, 6.07) is 0. The molecule has 0 aliphatic carbocycles. The summed E-state index contributed by atoms with van der Waals surface area (Å²) in [5, 5.41) is 0. The first kappa shape index (κ1) is 9.72. The van der Waals surface area contributed by atoms with Crippen LogP contribution in [-0.2, 0) is 13.5 Å². The number of rotatable bonds is 2. The van der Waals surface area contributed by atoms with E-state index in [0.29, 0.717) is 30.1 Å². The van der Waals surface area contributed by atoms with E-state index < -0.39 is 0 Å². The smallest absolute Gasteiger partial charge is 0.262 e. The first-order valence-electron chi connectivity index (χ1n) is 4.66. The number of nitrogens with zero attached hydrogens (tertiary/aromatic N) is 3. The van der Waals surface area contributed by atoms with Crippen molar-refractivity contribution in [2.24, 2.45) is 12.8 Å². The highest BCUT2D eigenvalue weighted by molar-refractivity contribution is 5.43. The molecule has 2 rings (SSSR count). The number of fused-ring (bicyclic) bond motifs is 1. The van der Waals surface area contributed by atoms with Crippen LogP contribution in [0, 0.1) is 0 Å². The molecule has 15 heavy (non-hydrogen) atoms. The lowest BCUT2D eigenvalue weighted by atomic mass is 10.2. The molecule has 6 heteroatoms. The average Bonchev–Trinajstić information content (AvgIpc) is 2.50. The first-order valence-corrected chi connectivity index (χ1v) is 4.66. The van der Waals surface area contributed by atoms with Crippen LogP contribution in [0.15, 0.2) is 17.2 Å². The molecule has 0 fully saturated rings. The van der Waals surface area contributed by atoms with Gasteiger partial charge in [0.25, 0.3) is 5.56 Å². The van der Waals surface area contributed by atoms with Crippen molar-refractivity contribution >= 4 is 11.6 Å². The number of nitrogens with two attached hydrogens (primary N) is 2. The second kappa shape index (κ2) is 3.39. The van der Waals surface area contributed by atoms with E-state index in [0.717, 1.165) is 0 Å². The Morgan fingerprint density at radius 3 is 2.93 bits per heavy atom. The van der Waals surface area contributed by atoms with Gasteiger partial charge >= 0.3 is 0 Å². The lowest BCUT2D eigenvalue weighted by Crippen LogP contribution is -2.21. The normalized spacial score (nSPS) is 11.1. The van der Waals surface area contributed by atoms with Crippen LogP contribution in [0.4, 0.5) is 5.82 Å². The quantitative estimate of drug-likeness (QED) is 0.668. The molecule has 0 unspecified atom stereocenters. The maximum Gasteiger partial charge on any atom is 0.262 e. The number of aryl methyl sites for hydroxylation is 1. The van der Waals surface area contributed by atoms with Crippen LogP contribution in [-0.4, -0.2) is 20.5 Å². The Morgan fingerprint density at radius 2 is 2.27 bits per heavy atom. The average molecular weight is 207 g/mol. The van der Waals surface area contributed by atoms with Gasteiger partial charge in [0.2, 0.25) is 5.78 Å². The van der Waals surface area contributed by atoms with Crippen molar-refractivity contribution in [1.82, 2.24) is 14.0 Å². The topological polar surface area (TPSA) is 91.3 Å². The van der Waals surface area contributed by atoms with Crippen molar-refractivity contribution in [3.05, 3.63) is 28.3 Å². The summed E-state index contributed by atoms with van der Waals surface area (Å²) in [6.07, 6.45) is 3.66. The zero-order valence-corrected chi connectivity index (χ0v) is 8.47. The van der Waals surface area contributed by atoms with Crippen molar-refractivity contribution in [1.29, 1.82) is 0 Å². The third-order valence-corrected chi connectivity index (χ3v) is 2.41. The Kier molecular flexibility index (Phi) is 2.20. The maximum atomic E-state index is 11.9. The first-order chi connectivity index (χ1) is 7.15.